The lowest BCUT2D eigenvalue weighted by atomic mass is 10.3. The average molecular weight is 283 g/mol. The Hall–Kier alpha value is -1.14. The maximum atomic E-state index is 12.1. The quantitative estimate of drug-likeness (QED) is 0.700. The van der Waals surface area contributed by atoms with Gasteiger partial charge in [0.25, 0.3) is 0 Å². The van der Waals surface area contributed by atoms with E-state index >= 15 is 0 Å². The van der Waals surface area contributed by atoms with Gasteiger partial charge in [0.05, 0.1) is 19.8 Å². The first-order chi connectivity index (χ1) is 9.66. The minimum atomic E-state index is -0.0224. The molecule has 114 valence electrons. The molecule has 2 aliphatic heterocycles. The van der Waals surface area contributed by atoms with Crippen LogP contribution in [0.25, 0.3) is 0 Å². The summed E-state index contributed by atoms with van der Waals surface area (Å²) in [7, 11) is 0. The lowest BCUT2D eigenvalue weighted by Gasteiger charge is -2.30. The van der Waals surface area contributed by atoms with Crippen molar-refractivity contribution in [3.05, 3.63) is 0 Å². The van der Waals surface area contributed by atoms with E-state index in [-0.39, 0.29) is 18.4 Å². The molecule has 6 nitrogen and oxygen atoms in total. The molecule has 2 saturated heterocycles. The van der Waals surface area contributed by atoms with Gasteiger partial charge in [0.2, 0.25) is 11.8 Å². The van der Waals surface area contributed by atoms with E-state index in [9.17, 15) is 9.59 Å². The summed E-state index contributed by atoms with van der Waals surface area (Å²) >= 11 is 0. The average Bonchev–Trinajstić information content (AvgIpc) is 2.98. The number of hydrogen-bond donors (Lipinski definition) is 0. The summed E-state index contributed by atoms with van der Waals surface area (Å²) in [5.41, 5.74) is 0. The minimum Gasteiger partial charge on any atom is -0.379 e. The summed E-state index contributed by atoms with van der Waals surface area (Å²) in [4.78, 5) is 29.6. The second-order valence-electron chi connectivity index (χ2n) is 5.48. The third-order valence-electron chi connectivity index (χ3n) is 4.02. The molecule has 0 unspecified atom stereocenters. The molecule has 0 aliphatic carbocycles. The van der Waals surface area contributed by atoms with Crippen molar-refractivity contribution in [1.82, 2.24) is 14.7 Å². The second kappa shape index (κ2) is 7.59. The highest BCUT2D eigenvalue weighted by Gasteiger charge is 2.22. The highest BCUT2D eigenvalue weighted by molar-refractivity contribution is 5.84. The van der Waals surface area contributed by atoms with Gasteiger partial charge in [0, 0.05) is 46.2 Å². The van der Waals surface area contributed by atoms with Crippen LogP contribution in [-0.2, 0) is 14.3 Å². The van der Waals surface area contributed by atoms with Gasteiger partial charge in [-0.3, -0.25) is 14.5 Å². The molecule has 2 fully saturated rings. The van der Waals surface area contributed by atoms with Crippen LogP contribution in [0.15, 0.2) is 0 Å². The third kappa shape index (κ3) is 4.45. The molecule has 0 aromatic rings. The smallest absolute Gasteiger partial charge is 0.242 e. The molecule has 0 atom stereocenters. The van der Waals surface area contributed by atoms with Crippen LogP contribution in [0.1, 0.15) is 19.8 Å². The summed E-state index contributed by atoms with van der Waals surface area (Å²) in [6.07, 6.45) is 2.17. The van der Waals surface area contributed by atoms with Gasteiger partial charge >= 0.3 is 0 Å². The van der Waals surface area contributed by atoms with Crippen molar-refractivity contribution in [2.45, 2.75) is 19.8 Å². The molecular weight excluding hydrogens is 258 g/mol. The van der Waals surface area contributed by atoms with Crippen molar-refractivity contribution in [3.8, 4) is 0 Å². The largest absolute Gasteiger partial charge is 0.379 e. The maximum Gasteiger partial charge on any atom is 0.242 e. The van der Waals surface area contributed by atoms with Crippen LogP contribution in [0.5, 0.6) is 0 Å². The van der Waals surface area contributed by atoms with Gasteiger partial charge in [-0.25, -0.2) is 0 Å². The van der Waals surface area contributed by atoms with Crippen LogP contribution in [0.4, 0.5) is 0 Å². The molecule has 2 aliphatic rings. The van der Waals surface area contributed by atoms with E-state index < -0.39 is 0 Å². The van der Waals surface area contributed by atoms with Crippen molar-refractivity contribution in [3.63, 3.8) is 0 Å². The molecule has 0 aromatic carbocycles. The van der Waals surface area contributed by atoms with Crippen LogP contribution in [0.2, 0.25) is 0 Å². The zero-order valence-corrected chi connectivity index (χ0v) is 12.3. The number of ether oxygens (including phenoxy) is 1. The molecule has 0 aromatic heterocycles. The Balaban J connectivity index is 1.77. The Morgan fingerprint density at radius 1 is 1.10 bits per heavy atom. The predicted molar refractivity (Wildman–Crippen MR) is 75.3 cm³/mol. The SMILES string of the molecule is CC(=O)N(CCN1CCOCC1)CC(=O)N1CCCC1. The first kappa shape index (κ1) is 15.3. The highest BCUT2D eigenvalue weighted by Crippen LogP contribution is 2.08. The summed E-state index contributed by atoms with van der Waals surface area (Å²) in [5, 5.41) is 0. The van der Waals surface area contributed by atoms with Crippen LogP contribution in [0, 0.1) is 0 Å². The lowest BCUT2D eigenvalue weighted by Crippen LogP contribution is -2.46. The topological polar surface area (TPSA) is 53.1 Å². The molecule has 2 amide bonds. The molecule has 2 heterocycles. The molecule has 20 heavy (non-hydrogen) atoms. The maximum absolute atomic E-state index is 12.1. The fourth-order valence-electron chi connectivity index (χ4n) is 2.66. The van der Waals surface area contributed by atoms with Gasteiger partial charge in [-0.15, -0.1) is 0 Å². The normalized spacial score (nSPS) is 20.1. The molecule has 0 spiro atoms. The standard InChI is InChI=1S/C14H25N3O3/c1-13(18)17(7-6-15-8-10-20-11-9-15)12-14(19)16-4-2-3-5-16/h2-12H2,1H3. The van der Waals surface area contributed by atoms with Crippen LogP contribution >= 0.6 is 0 Å². The molecule has 0 bridgehead atoms. The fraction of sp³-hybridized carbons (Fsp3) is 0.857. The zero-order valence-electron chi connectivity index (χ0n) is 12.3. The van der Waals surface area contributed by atoms with Gasteiger partial charge in [0.1, 0.15) is 0 Å². The van der Waals surface area contributed by atoms with Gasteiger partial charge in [0.15, 0.2) is 0 Å². The van der Waals surface area contributed by atoms with E-state index in [0.717, 1.165) is 58.8 Å². The first-order valence-electron chi connectivity index (χ1n) is 7.50. The predicted octanol–water partition coefficient (Wildman–Crippen LogP) is -0.210. The van der Waals surface area contributed by atoms with Gasteiger partial charge in [-0.05, 0) is 12.8 Å². The van der Waals surface area contributed by atoms with E-state index in [1.54, 1.807) is 4.90 Å². The zero-order chi connectivity index (χ0) is 14.4. The van der Waals surface area contributed by atoms with Crippen molar-refractivity contribution >= 4 is 11.8 Å². The minimum absolute atomic E-state index is 0.0224. The Morgan fingerprint density at radius 3 is 2.35 bits per heavy atom. The summed E-state index contributed by atoms with van der Waals surface area (Å²) in [5.74, 6) is 0.0606. The van der Waals surface area contributed by atoms with Gasteiger partial charge in [-0.1, -0.05) is 0 Å². The monoisotopic (exact) mass is 283 g/mol. The number of likely N-dealkylation sites (tertiary alicyclic amines) is 1. The van der Waals surface area contributed by atoms with Crippen LogP contribution in [-0.4, -0.2) is 85.5 Å². The van der Waals surface area contributed by atoms with Crippen molar-refractivity contribution in [1.29, 1.82) is 0 Å². The fourth-order valence-corrected chi connectivity index (χ4v) is 2.66. The number of hydrogen-bond acceptors (Lipinski definition) is 4. The number of rotatable bonds is 5. The van der Waals surface area contributed by atoms with Gasteiger partial charge < -0.3 is 14.5 Å². The van der Waals surface area contributed by atoms with Crippen molar-refractivity contribution in [2.24, 2.45) is 0 Å². The summed E-state index contributed by atoms with van der Waals surface area (Å²) in [6.45, 7) is 8.21. The van der Waals surface area contributed by atoms with Gasteiger partial charge in [-0.2, -0.15) is 0 Å². The first-order valence-corrected chi connectivity index (χ1v) is 7.50. The van der Waals surface area contributed by atoms with E-state index in [2.05, 4.69) is 4.90 Å². The number of nitrogens with zero attached hydrogens (tertiary/aromatic N) is 3. The van der Waals surface area contributed by atoms with Crippen LogP contribution < -0.4 is 0 Å². The Labute approximate surface area is 120 Å². The van der Waals surface area contributed by atoms with Crippen molar-refractivity contribution < 1.29 is 14.3 Å². The molecule has 0 N–H and O–H groups in total. The second-order valence-corrected chi connectivity index (χ2v) is 5.48. The van der Waals surface area contributed by atoms with E-state index in [0.29, 0.717) is 6.54 Å². The van der Waals surface area contributed by atoms with Crippen LogP contribution in [0.3, 0.4) is 0 Å². The molecule has 6 heteroatoms. The highest BCUT2D eigenvalue weighted by atomic mass is 16.5. The van der Waals surface area contributed by atoms with Crippen molar-refractivity contribution in [2.75, 3.05) is 59.0 Å². The Bertz CT molecular complexity index is 337. The third-order valence-corrected chi connectivity index (χ3v) is 4.02. The van der Waals surface area contributed by atoms with E-state index in [4.69, 9.17) is 4.74 Å². The molecule has 0 saturated carbocycles. The molecule has 2 rings (SSSR count). The Morgan fingerprint density at radius 2 is 1.75 bits per heavy atom. The van der Waals surface area contributed by atoms with E-state index in [1.165, 1.54) is 6.92 Å². The number of morpholine rings is 1. The lowest BCUT2D eigenvalue weighted by molar-refractivity contribution is -0.139. The summed E-state index contributed by atoms with van der Waals surface area (Å²) in [6, 6.07) is 0. The molecule has 0 radical (unpaired) electrons. The number of carbonyl (C=O) groups excluding carboxylic acids is 2. The number of carbonyl (C=O) groups is 2. The number of amides is 2. The molecular formula is C14H25N3O3. The Kier molecular flexibility index (Phi) is 5.79. The van der Waals surface area contributed by atoms with E-state index in [1.807, 2.05) is 4.90 Å². The summed E-state index contributed by atoms with van der Waals surface area (Å²) < 4.78 is 5.30.